The van der Waals surface area contributed by atoms with E-state index in [0.717, 1.165) is 4.47 Å². The van der Waals surface area contributed by atoms with Gasteiger partial charge >= 0.3 is 7.60 Å². The van der Waals surface area contributed by atoms with E-state index in [2.05, 4.69) is 21.2 Å². The quantitative estimate of drug-likeness (QED) is 0.395. The summed E-state index contributed by atoms with van der Waals surface area (Å²) in [4.78, 5) is 0. The van der Waals surface area contributed by atoms with E-state index in [0.29, 0.717) is 11.3 Å². The normalized spacial score (nSPS) is 14.0. The predicted octanol–water partition coefficient (Wildman–Crippen LogP) is 4.23. The van der Waals surface area contributed by atoms with Crippen LogP contribution in [0.25, 0.3) is 0 Å². The molecule has 7 nitrogen and oxygen atoms in total. The highest BCUT2D eigenvalue weighted by Gasteiger charge is 2.37. The number of nitrogens with one attached hydrogen (secondary N) is 2. The molecular weight excluding hydrogens is 423 g/mol. The van der Waals surface area contributed by atoms with Crippen molar-refractivity contribution < 1.29 is 24.0 Å². The maximum atomic E-state index is 13.4. The molecule has 0 bridgehead atoms. The van der Waals surface area contributed by atoms with Crippen LogP contribution in [0.15, 0.2) is 53.0 Å². The van der Waals surface area contributed by atoms with E-state index in [4.69, 9.17) is 9.05 Å². The lowest BCUT2D eigenvalue weighted by atomic mass is 10.2. The Morgan fingerprint density at radius 1 is 1.19 bits per heavy atom. The Bertz CT molecular complexity index is 747. The summed E-state index contributed by atoms with van der Waals surface area (Å²) in [5, 5.41) is 22.7. The third-order valence-electron chi connectivity index (χ3n) is 3.53. The molecular formula is C17H22BrN2O5P. The molecule has 0 aromatic heterocycles. The van der Waals surface area contributed by atoms with Gasteiger partial charge in [-0.3, -0.25) is 4.57 Å². The van der Waals surface area contributed by atoms with Gasteiger partial charge in [-0.25, -0.2) is 5.21 Å². The molecule has 3 N–H and O–H groups in total. The zero-order valence-electron chi connectivity index (χ0n) is 14.5. The zero-order valence-corrected chi connectivity index (χ0v) is 17.0. The summed E-state index contributed by atoms with van der Waals surface area (Å²) in [6.45, 7) is 3.87. The Kier molecular flexibility index (Phi) is 7.79. The minimum atomic E-state index is -3.59. The summed E-state index contributed by atoms with van der Waals surface area (Å²) in [7, 11) is -3.59. The number of hydrogen-bond donors (Lipinski definition) is 3. The summed E-state index contributed by atoms with van der Waals surface area (Å²) in [5.74, 6) is -0.845. The van der Waals surface area contributed by atoms with E-state index in [9.17, 15) is 15.0 Å². The van der Waals surface area contributed by atoms with Crippen LogP contribution in [0.2, 0.25) is 0 Å². The molecule has 0 saturated carbocycles. The van der Waals surface area contributed by atoms with Crippen molar-refractivity contribution in [2.75, 3.05) is 18.5 Å². The molecule has 0 fully saturated rings. The monoisotopic (exact) mass is 444 g/mol. The molecule has 2 atom stereocenters. The molecule has 2 rings (SSSR count). The van der Waals surface area contributed by atoms with Crippen molar-refractivity contribution in [2.24, 2.45) is 0 Å². The van der Waals surface area contributed by atoms with Gasteiger partial charge in [0.2, 0.25) is 0 Å². The van der Waals surface area contributed by atoms with Gasteiger partial charge in [0.1, 0.15) is 0 Å². The summed E-state index contributed by atoms with van der Waals surface area (Å²) in [6.07, 6.45) is 0. The topological polar surface area (TPSA) is 95.3 Å². The second kappa shape index (κ2) is 9.62. The number of halogens is 1. The van der Waals surface area contributed by atoms with Crippen molar-refractivity contribution in [2.45, 2.75) is 19.6 Å². The summed E-state index contributed by atoms with van der Waals surface area (Å²) >= 11 is 3.37. The highest BCUT2D eigenvalue weighted by molar-refractivity contribution is 9.10. The van der Waals surface area contributed by atoms with Crippen LogP contribution < -0.4 is 10.5 Å². The first-order valence-electron chi connectivity index (χ1n) is 8.13. The van der Waals surface area contributed by atoms with E-state index < -0.39 is 18.6 Å². The molecule has 0 aliphatic rings. The average molecular weight is 445 g/mol. The number of anilines is 1. The van der Waals surface area contributed by atoms with Gasteiger partial charge < -0.3 is 19.6 Å². The highest BCUT2D eigenvalue weighted by Crippen LogP contribution is 2.60. The van der Waals surface area contributed by atoms with Gasteiger partial charge in [0, 0.05) is 22.3 Å². The maximum absolute atomic E-state index is 13.4. The molecule has 0 aliphatic heterocycles. The van der Waals surface area contributed by atoms with Crippen molar-refractivity contribution in [1.82, 2.24) is 0 Å². The molecule has 0 radical (unpaired) electrons. The standard InChI is InChI=1S/C17H22BrN2O5P/c1-3-24-26(23,25-4-2)17(19-15-10-8-14(18)9-11-15)13-6-5-7-16(12-13)20(21)22/h5-12,17,19-21H,3-4H2,1-2H3. The van der Waals surface area contributed by atoms with Gasteiger partial charge in [0.15, 0.2) is 11.5 Å². The Balaban J connectivity index is 2.48. The number of benzene rings is 2. The first kappa shape index (κ1) is 21.1. The van der Waals surface area contributed by atoms with Crippen LogP contribution in [0.4, 0.5) is 11.4 Å². The first-order valence-corrected chi connectivity index (χ1v) is 10.5. The fourth-order valence-corrected chi connectivity index (χ4v) is 4.63. The third-order valence-corrected chi connectivity index (χ3v) is 6.36. The van der Waals surface area contributed by atoms with Crippen LogP contribution >= 0.6 is 23.5 Å². The molecule has 2 aromatic carbocycles. The molecule has 2 unspecified atom stereocenters. The Morgan fingerprint density at radius 2 is 1.81 bits per heavy atom. The van der Waals surface area contributed by atoms with Gasteiger partial charge in [-0.1, -0.05) is 28.1 Å². The maximum Gasteiger partial charge on any atom is 0.357 e. The second-order valence-corrected chi connectivity index (χ2v) is 8.39. The Morgan fingerprint density at radius 3 is 2.35 bits per heavy atom. The van der Waals surface area contributed by atoms with Crippen LogP contribution in [0.3, 0.4) is 0 Å². The number of quaternary nitrogens is 1. The minimum Gasteiger partial charge on any atom is -0.595 e. The van der Waals surface area contributed by atoms with E-state index >= 15 is 0 Å². The summed E-state index contributed by atoms with van der Waals surface area (Å²) in [5.41, 5.74) is 1.32. The van der Waals surface area contributed by atoms with Crippen LogP contribution in [0, 0.1) is 5.21 Å². The van der Waals surface area contributed by atoms with Crippen molar-refractivity contribution in [3.05, 3.63) is 63.8 Å². The second-order valence-electron chi connectivity index (χ2n) is 5.36. The lowest BCUT2D eigenvalue weighted by Crippen LogP contribution is -2.99. The fraction of sp³-hybridized carbons (Fsp3) is 0.294. The van der Waals surface area contributed by atoms with Crippen LogP contribution in [-0.2, 0) is 13.6 Å². The molecule has 142 valence electrons. The molecule has 2 aromatic rings. The zero-order chi connectivity index (χ0) is 19.2. The van der Waals surface area contributed by atoms with Crippen LogP contribution in [0.1, 0.15) is 25.2 Å². The minimum absolute atomic E-state index is 0.102. The van der Waals surface area contributed by atoms with Crippen molar-refractivity contribution in [3.8, 4) is 0 Å². The van der Waals surface area contributed by atoms with Gasteiger partial charge in [-0.05, 0) is 43.7 Å². The molecule has 9 heteroatoms. The van der Waals surface area contributed by atoms with Gasteiger partial charge in [-0.2, -0.15) is 5.23 Å². The Labute approximate surface area is 161 Å². The lowest BCUT2D eigenvalue weighted by Gasteiger charge is -2.28. The van der Waals surface area contributed by atoms with Crippen LogP contribution in [-0.4, -0.2) is 18.4 Å². The molecule has 0 heterocycles. The molecule has 0 saturated heterocycles. The summed E-state index contributed by atoms with van der Waals surface area (Å²) in [6, 6.07) is 13.6. The predicted molar refractivity (Wildman–Crippen MR) is 104 cm³/mol. The third kappa shape index (κ3) is 5.37. The van der Waals surface area contributed by atoms with E-state index in [1.165, 1.54) is 12.1 Å². The SMILES string of the molecule is CCOP(=O)(OCC)C(Nc1ccc(Br)cc1)c1cccc([NH+]([O-])O)c1. The van der Waals surface area contributed by atoms with E-state index in [1.807, 2.05) is 24.3 Å². The van der Waals surface area contributed by atoms with Crippen molar-refractivity contribution >= 4 is 34.9 Å². The molecule has 0 aliphatic carbocycles. The van der Waals surface area contributed by atoms with Gasteiger partial charge in [-0.15, -0.1) is 0 Å². The molecule has 0 amide bonds. The van der Waals surface area contributed by atoms with Gasteiger partial charge in [0.25, 0.3) is 0 Å². The Hall–Kier alpha value is -1.25. The van der Waals surface area contributed by atoms with E-state index in [1.54, 1.807) is 26.0 Å². The van der Waals surface area contributed by atoms with Gasteiger partial charge in [0.05, 0.1) is 13.2 Å². The van der Waals surface area contributed by atoms with E-state index in [-0.39, 0.29) is 18.9 Å². The molecule has 0 spiro atoms. The number of hydrogen-bond acceptors (Lipinski definition) is 6. The van der Waals surface area contributed by atoms with Crippen molar-refractivity contribution in [3.63, 3.8) is 0 Å². The first-order chi connectivity index (χ1) is 12.4. The number of rotatable bonds is 9. The lowest BCUT2D eigenvalue weighted by molar-refractivity contribution is -0.991. The summed E-state index contributed by atoms with van der Waals surface area (Å²) < 4.78 is 25.3. The van der Waals surface area contributed by atoms with Crippen LogP contribution in [0.5, 0.6) is 0 Å². The smallest absolute Gasteiger partial charge is 0.357 e. The average Bonchev–Trinajstić information content (AvgIpc) is 2.61. The van der Waals surface area contributed by atoms with Crippen molar-refractivity contribution in [1.29, 1.82) is 0 Å². The fourth-order valence-electron chi connectivity index (χ4n) is 2.44. The molecule has 26 heavy (non-hydrogen) atoms. The largest absolute Gasteiger partial charge is 0.595 e. The highest BCUT2D eigenvalue weighted by atomic mass is 79.9.